The number of ether oxygens (including phenoxy) is 4. The molecule has 0 amide bonds. The second-order valence-electron chi connectivity index (χ2n) is 7.24. The zero-order valence-electron chi connectivity index (χ0n) is 16.7. The Labute approximate surface area is 182 Å². The number of esters is 2. The molecule has 0 saturated heterocycles. The van der Waals surface area contributed by atoms with Crippen LogP contribution in [0.25, 0.3) is 11.1 Å². The van der Waals surface area contributed by atoms with Crippen LogP contribution in [0.5, 0.6) is 0 Å². The van der Waals surface area contributed by atoms with E-state index < -0.39 is 24.1 Å². The van der Waals surface area contributed by atoms with E-state index in [9.17, 15) is 9.59 Å². The molecule has 4 aliphatic rings. The summed E-state index contributed by atoms with van der Waals surface area (Å²) in [6.45, 7) is 0. The Morgan fingerprint density at radius 3 is 1.97 bits per heavy atom. The molecule has 2 aliphatic carbocycles. The van der Waals surface area contributed by atoms with Crippen LogP contribution in [0.1, 0.15) is 10.8 Å². The van der Waals surface area contributed by atoms with Crippen LogP contribution >= 0.6 is 11.5 Å². The van der Waals surface area contributed by atoms with Crippen molar-refractivity contribution in [2.24, 2.45) is 11.8 Å². The van der Waals surface area contributed by atoms with Crippen molar-refractivity contribution in [1.29, 1.82) is 0 Å². The monoisotopic (exact) mass is 438 g/mol. The van der Waals surface area contributed by atoms with Crippen LogP contribution in [0.2, 0.25) is 0 Å². The Morgan fingerprint density at radius 2 is 1.39 bits per heavy atom. The van der Waals surface area contributed by atoms with Gasteiger partial charge in [-0.3, -0.25) is 0 Å². The van der Waals surface area contributed by atoms with Gasteiger partial charge in [0.25, 0.3) is 0 Å². The quantitative estimate of drug-likeness (QED) is 0.662. The summed E-state index contributed by atoms with van der Waals surface area (Å²) in [5, 5.41) is 0.393. The first kappa shape index (κ1) is 19.5. The van der Waals surface area contributed by atoms with Crippen molar-refractivity contribution in [3.05, 3.63) is 71.0 Å². The molecule has 0 bridgehead atoms. The molecule has 5 rings (SSSR count). The van der Waals surface area contributed by atoms with Crippen LogP contribution in [-0.2, 0) is 28.5 Å². The standard InChI is InChI=1S/C22H18N2O6S/c1-27-13-5-3-11-7-15(21(25)29-17(11)9-13)19-23-20(31-24-19)16-8-12-4-6-14(28-2)10-18(12)30-22(16)26/h3-12,17-18H,1-2H3. The minimum Gasteiger partial charge on any atom is -0.497 e. The van der Waals surface area contributed by atoms with Crippen LogP contribution < -0.4 is 0 Å². The highest BCUT2D eigenvalue weighted by Crippen LogP contribution is 2.35. The van der Waals surface area contributed by atoms with E-state index in [1.807, 2.05) is 30.4 Å². The van der Waals surface area contributed by atoms with Gasteiger partial charge >= 0.3 is 11.9 Å². The van der Waals surface area contributed by atoms with E-state index in [-0.39, 0.29) is 23.2 Å². The van der Waals surface area contributed by atoms with Gasteiger partial charge in [-0.15, -0.1) is 0 Å². The van der Waals surface area contributed by atoms with Crippen LogP contribution in [0.3, 0.4) is 0 Å². The highest BCUT2D eigenvalue weighted by molar-refractivity contribution is 7.07. The maximum atomic E-state index is 12.6. The van der Waals surface area contributed by atoms with Gasteiger partial charge in [0.1, 0.15) is 29.3 Å². The van der Waals surface area contributed by atoms with Crippen LogP contribution in [-0.4, -0.2) is 47.7 Å². The fourth-order valence-corrected chi connectivity index (χ4v) is 4.44. The third kappa shape index (κ3) is 3.50. The van der Waals surface area contributed by atoms with Crippen molar-refractivity contribution in [2.45, 2.75) is 12.2 Å². The Hall–Kier alpha value is -3.46. The number of carbonyl (C=O) groups excluding carboxylic acids is 2. The summed E-state index contributed by atoms with van der Waals surface area (Å²) in [5.41, 5.74) is 0.604. The molecule has 0 N–H and O–H groups in total. The van der Waals surface area contributed by atoms with Gasteiger partial charge in [-0.25, -0.2) is 14.6 Å². The Morgan fingerprint density at radius 1 is 0.839 bits per heavy atom. The van der Waals surface area contributed by atoms with Gasteiger partial charge in [0.2, 0.25) is 0 Å². The molecule has 3 heterocycles. The number of allylic oxidation sites excluding steroid dienone is 2. The minimum atomic E-state index is -0.514. The molecule has 4 unspecified atom stereocenters. The highest BCUT2D eigenvalue weighted by atomic mass is 32.1. The van der Waals surface area contributed by atoms with Gasteiger partial charge in [0.05, 0.1) is 19.8 Å². The molecular formula is C22H18N2O6S. The smallest absolute Gasteiger partial charge is 0.342 e. The third-order valence-corrected chi connectivity index (χ3v) is 6.14. The molecule has 1 aromatic heterocycles. The summed E-state index contributed by atoms with van der Waals surface area (Å²) in [5.74, 6) is 0.272. The predicted octanol–water partition coefficient (Wildman–Crippen LogP) is 2.59. The zero-order chi connectivity index (χ0) is 21.5. The van der Waals surface area contributed by atoms with E-state index in [1.165, 1.54) is 0 Å². The Kier molecular flexibility index (Phi) is 4.82. The van der Waals surface area contributed by atoms with Crippen LogP contribution in [0.4, 0.5) is 0 Å². The number of hydrogen-bond donors (Lipinski definition) is 0. The van der Waals surface area contributed by atoms with Crippen molar-refractivity contribution in [3.8, 4) is 0 Å². The fraction of sp³-hybridized carbons (Fsp3) is 0.273. The lowest BCUT2D eigenvalue weighted by Gasteiger charge is -2.28. The topological polar surface area (TPSA) is 96.8 Å². The highest BCUT2D eigenvalue weighted by Gasteiger charge is 2.36. The van der Waals surface area contributed by atoms with E-state index in [0.717, 1.165) is 11.5 Å². The second kappa shape index (κ2) is 7.66. The molecule has 2 aliphatic heterocycles. The van der Waals surface area contributed by atoms with Gasteiger partial charge in [-0.1, -0.05) is 24.3 Å². The normalized spacial score (nSPS) is 28.8. The Balaban J connectivity index is 1.41. The van der Waals surface area contributed by atoms with E-state index in [0.29, 0.717) is 22.1 Å². The summed E-state index contributed by atoms with van der Waals surface area (Å²) in [6, 6.07) is 0. The number of fused-ring (bicyclic) bond motifs is 2. The summed E-state index contributed by atoms with van der Waals surface area (Å²) in [6.07, 6.45) is 13.8. The lowest BCUT2D eigenvalue weighted by molar-refractivity contribution is -0.142. The predicted molar refractivity (Wildman–Crippen MR) is 111 cm³/mol. The molecule has 31 heavy (non-hydrogen) atoms. The molecule has 0 radical (unpaired) electrons. The van der Waals surface area contributed by atoms with Crippen molar-refractivity contribution >= 4 is 34.6 Å². The first-order valence-corrected chi connectivity index (χ1v) is 10.4. The molecule has 9 heteroatoms. The molecule has 158 valence electrons. The van der Waals surface area contributed by atoms with E-state index in [1.54, 1.807) is 32.4 Å². The Bertz CT molecular complexity index is 1050. The van der Waals surface area contributed by atoms with E-state index in [2.05, 4.69) is 9.36 Å². The number of aromatic nitrogens is 2. The summed E-state index contributed by atoms with van der Waals surface area (Å²) in [7, 11) is 3.13. The summed E-state index contributed by atoms with van der Waals surface area (Å²) < 4.78 is 25.8. The maximum Gasteiger partial charge on any atom is 0.342 e. The number of rotatable bonds is 4. The minimum absolute atomic E-state index is 0.118. The average molecular weight is 438 g/mol. The van der Waals surface area contributed by atoms with Crippen LogP contribution in [0, 0.1) is 11.8 Å². The average Bonchev–Trinajstić information content (AvgIpc) is 3.27. The largest absolute Gasteiger partial charge is 0.497 e. The lowest BCUT2D eigenvalue weighted by atomic mass is 9.91. The van der Waals surface area contributed by atoms with Gasteiger partial charge < -0.3 is 18.9 Å². The first-order valence-electron chi connectivity index (χ1n) is 9.64. The van der Waals surface area contributed by atoms with Gasteiger partial charge in [-0.05, 0) is 35.8 Å². The fourth-order valence-electron chi connectivity index (χ4n) is 3.75. The number of methoxy groups -OCH3 is 2. The maximum absolute atomic E-state index is 12.6. The van der Waals surface area contributed by atoms with Crippen molar-refractivity contribution in [3.63, 3.8) is 0 Å². The molecule has 0 fully saturated rings. The summed E-state index contributed by atoms with van der Waals surface area (Å²) in [4.78, 5) is 29.5. The zero-order valence-corrected chi connectivity index (χ0v) is 17.5. The number of nitrogens with zero attached hydrogens (tertiary/aromatic N) is 2. The van der Waals surface area contributed by atoms with E-state index in [4.69, 9.17) is 18.9 Å². The van der Waals surface area contributed by atoms with Crippen LogP contribution in [0.15, 0.2) is 60.1 Å². The van der Waals surface area contributed by atoms with Gasteiger partial charge in [-0.2, -0.15) is 4.37 Å². The molecule has 0 spiro atoms. The number of hydrogen-bond acceptors (Lipinski definition) is 9. The van der Waals surface area contributed by atoms with Gasteiger partial charge in [0.15, 0.2) is 10.8 Å². The molecular weight excluding hydrogens is 420 g/mol. The second-order valence-corrected chi connectivity index (χ2v) is 7.99. The first-order chi connectivity index (χ1) is 15.1. The lowest BCUT2D eigenvalue weighted by Crippen LogP contribution is -2.31. The molecule has 4 atom stereocenters. The van der Waals surface area contributed by atoms with Crippen molar-refractivity contribution < 1.29 is 28.5 Å². The van der Waals surface area contributed by atoms with Crippen molar-refractivity contribution in [1.82, 2.24) is 9.36 Å². The van der Waals surface area contributed by atoms with Gasteiger partial charge in [0, 0.05) is 11.8 Å². The number of carbonyl (C=O) groups is 2. The summed E-state index contributed by atoms with van der Waals surface area (Å²) >= 11 is 1.04. The third-order valence-electron chi connectivity index (χ3n) is 5.39. The van der Waals surface area contributed by atoms with Crippen molar-refractivity contribution in [2.75, 3.05) is 14.2 Å². The molecule has 0 saturated carbocycles. The molecule has 8 nitrogen and oxygen atoms in total. The van der Waals surface area contributed by atoms with E-state index >= 15 is 0 Å². The molecule has 0 aromatic carbocycles. The SMILES string of the molecule is COC1=CC2OC(=O)C(c3nsc(C4=CC5C=CC(OC)=CC5OC4=O)n3)=CC2C=C1. The molecule has 1 aromatic rings.